The summed E-state index contributed by atoms with van der Waals surface area (Å²) in [5, 5.41) is 8.65. The van der Waals surface area contributed by atoms with Crippen LogP contribution in [-0.4, -0.2) is 43.3 Å². The van der Waals surface area contributed by atoms with E-state index in [0.717, 1.165) is 19.3 Å². The van der Waals surface area contributed by atoms with Gasteiger partial charge in [-0.3, -0.25) is 0 Å². The highest BCUT2D eigenvalue weighted by atomic mass is 32.2. The lowest BCUT2D eigenvalue weighted by Gasteiger charge is -2.19. The minimum Gasteiger partial charge on any atom is -0.395 e. The van der Waals surface area contributed by atoms with E-state index in [-0.39, 0.29) is 12.4 Å². The lowest BCUT2D eigenvalue weighted by molar-refractivity contribution is 0.314. The number of hydrogen-bond acceptors (Lipinski definition) is 3. The molecule has 0 radical (unpaired) electrons. The molecule has 84 valence electrons. The van der Waals surface area contributed by atoms with Gasteiger partial charge < -0.3 is 5.11 Å². The predicted molar refractivity (Wildman–Crippen MR) is 55.5 cm³/mol. The van der Waals surface area contributed by atoms with Crippen LogP contribution in [0.5, 0.6) is 0 Å². The van der Waals surface area contributed by atoms with E-state index in [9.17, 15) is 8.42 Å². The fourth-order valence-corrected chi connectivity index (χ4v) is 3.04. The summed E-state index contributed by atoms with van der Waals surface area (Å²) in [5.74, 6) is 0.478. The third-order valence-corrected chi connectivity index (χ3v) is 4.57. The van der Waals surface area contributed by atoms with Crippen LogP contribution in [0.3, 0.4) is 0 Å². The molecule has 1 unspecified atom stereocenters. The zero-order valence-electron chi connectivity index (χ0n) is 8.65. The van der Waals surface area contributed by atoms with Crippen molar-refractivity contribution >= 4 is 10.0 Å². The molecule has 0 bridgehead atoms. The second-order valence-electron chi connectivity index (χ2n) is 3.97. The van der Waals surface area contributed by atoms with Gasteiger partial charge in [-0.1, -0.05) is 6.92 Å². The molecule has 0 aliphatic carbocycles. The van der Waals surface area contributed by atoms with E-state index in [1.807, 2.05) is 0 Å². The largest absolute Gasteiger partial charge is 0.395 e. The van der Waals surface area contributed by atoms with Crippen molar-refractivity contribution in [3.63, 3.8) is 0 Å². The first kappa shape index (κ1) is 11.9. The summed E-state index contributed by atoms with van der Waals surface area (Å²) < 4.78 is 24.7. The van der Waals surface area contributed by atoms with Crippen molar-refractivity contribution < 1.29 is 13.5 Å². The summed E-state index contributed by atoms with van der Waals surface area (Å²) >= 11 is 0. The Morgan fingerprint density at radius 2 is 2.07 bits per heavy atom. The molecule has 0 saturated carbocycles. The molecule has 1 aliphatic rings. The Bertz CT molecular complexity index is 263. The Morgan fingerprint density at radius 3 is 2.71 bits per heavy atom. The van der Waals surface area contributed by atoms with Gasteiger partial charge in [-0.05, 0) is 25.2 Å². The van der Waals surface area contributed by atoms with Crippen LogP contribution >= 0.6 is 0 Å². The molecule has 4 nitrogen and oxygen atoms in total. The van der Waals surface area contributed by atoms with Gasteiger partial charge in [0.1, 0.15) is 0 Å². The van der Waals surface area contributed by atoms with E-state index in [1.165, 1.54) is 4.31 Å². The fraction of sp³-hybridized carbons (Fsp3) is 1.00. The SMILES string of the molecule is CC1CCCN(S(=O)(=O)CCO)CC1. The molecule has 0 aromatic rings. The first-order valence-corrected chi connectivity index (χ1v) is 6.76. The van der Waals surface area contributed by atoms with Gasteiger partial charge in [0.25, 0.3) is 0 Å². The highest BCUT2D eigenvalue weighted by Gasteiger charge is 2.23. The van der Waals surface area contributed by atoms with Gasteiger partial charge >= 0.3 is 0 Å². The van der Waals surface area contributed by atoms with Crippen LogP contribution in [0.1, 0.15) is 26.2 Å². The average Bonchev–Trinajstić information content (AvgIpc) is 2.30. The van der Waals surface area contributed by atoms with Gasteiger partial charge in [0.2, 0.25) is 10.0 Å². The number of nitrogens with zero attached hydrogens (tertiary/aromatic N) is 1. The van der Waals surface area contributed by atoms with E-state index in [0.29, 0.717) is 19.0 Å². The topological polar surface area (TPSA) is 57.6 Å². The standard InChI is InChI=1S/C9H19NO3S/c1-9-3-2-5-10(6-4-9)14(12,13)8-7-11/h9,11H,2-8H2,1H3. The molecule has 0 amide bonds. The molecule has 1 aliphatic heterocycles. The monoisotopic (exact) mass is 221 g/mol. The molecule has 1 rings (SSSR count). The summed E-state index contributed by atoms with van der Waals surface area (Å²) in [4.78, 5) is 0. The molecule has 1 atom stereocenters. The summed E-state index contributed by atoms with van der Waals surface area (Å²) in [6.45, 7) is 3.10. The van der Waals surface area contributed by atoms with Crippen LogP contribution in [0.2, 0.25) is 0 Å². The van der Waals surface area contributed by atoms with E-state index < -0.39 is 10.0 Å². The van der Waals surface area contributed by atoms with E-state index in [4.69, 9.17) is 5.11 Å². The van der Waals surface area contributed by atoms with Crippen molar-refractivity contribution in [1.29, 1.82) is 0 Å². The summed E-state index contributed by atoms with van der Waals surface area (Å²) in [5.41, 5.74) is 0. The molecule has 0 aromatic heterocycles. The number of rotatable bonds is 3. The lowest BCUT2D eigenvalue weighted by atomic mass is 10.0. The second kappa shape index (κ2) is 5.09. The number of aliphatic hydroxyl groups excluding tert-OH is 1. The maximum atomic E-state index is 11.6. The third-order valence-electron chi connectivity index (χ3n) is 2.72. The minimum absolute atomic E-state index is 0.138. The summed E-state index contributed by atoms with van der Waals surface area (Å²) in [7, 11) is -3.20. The van der Waals surface area contributed by atoms with E-state index in [1.54, 1.807) is 0 Å². The van der Waals surface area contributed by atoms with Gasteiger partial charge in [-0.25, -0.2) is 12.7 Å². The number of sulfonamides is 1. The molecule has 1 fully saturated rings. The third kappa shape index (κ3) is 3.22. The molecular formula is C9H19NO3S. The maximum absolute atomic E-state index is 11.6. The lowest BCUT2D eigenvalue weighted by Crippen LogP contribution is -2.34. The Kier molecular flexibility index (Phi) is 4.34. The molecule has 1 heterocycles. The Balaban J connectivity index is 2.59. The highest BCUT2D eigenvalue weighted by molar-refractivity contribution is 7.89. The van der Waals surface area contributed by atoms with Gasteiger partial charge in [-0.15, -0.1) is 0 Å². The molecule has 5 heteroatoms. The van der Waals surface area contributed by atoms with Crippen LogP contribution in [0, 0.1) is 5.92 Å². The van der Waals surface area contributed by atoms with Crippen molar-refractivity contribution in [2.45, 2.75) is 26.2 Å². The van der Waals surface area contributed by atoms with Crippen molar-refractivity contribution in [2.24, 2.45) is 5.92 Å². The smallest absolute Gasteiger partial charge is 0.216 e. The fourth-order valence-electron chi connectivity index (χ4n) is 1.76. The van der Waals surface area contributed by atoms with Gasteiger partial charge in [-0.2, -0.15) is 0 Å². The van der Waals surface area contributed by atoms with Crippen LogP contribution in [-0.2, 0) is 10.0 Å². The number of hydrogen-bond donors (Lipinski definition) is 1. The second-order valence-corrected chi connectivity index (χ2v) is 6.06. The van der Waals surface area contributed by atoms with Gasteiger partial charge in [0.05, 0.1) is 12.4 Å². The zero-order chi connectivity index (χ0) is 10.6. The van der Waals surface area contributed by atoms with Crippen molar-refractivity contribution in [2.75, 3.05) is 25.4 Å². The normalized spacial score (nSPS) is 26.0. The summed E-state index contributed by atoms with van der Waals surface area (Å²) in [6.07, 6.45) is 2.97. The van der Waals surface area contributed by atoms with Crippen LogP contribution in [0.25, 0.3) is 0 Å². The Labute approximate surface area is 86.0 Å². The molecule has 1 saturated heterocycles. The summed E-state index contributed by atoms with van der Waals surface area (Å²) in [6, 6.07) is 0. The molecule has 0 spiro atoms. The zero-order valence-corrected chi connectivity index (χ0v) is 9.46. The quantitative estimate of drug-likeness (QED) is 0.752. The molecule has 1 N–H and O–H groups in total. The van der Waals surface area contributed by atoms with Crippen molar-refractivity contribution in [3.05, 3.63) is 0 Å². The first-order valence-electron chi connectivity index (χ1n) is 5.15. The highest BCUT2D eigenvalue weighted by Crippen LogP contribution is 2.18. The first-order chi connectivity index (χ1) is 6.56. The van der Waals surface area contributed by atoms with Gasteiger partial charge in [0.15, 0.2) is 0 Å². The van der Waals surface area contributed by atoms with E-state index in [2.05, 4.69) is 6.92 Å². The molecule has 0 aromatic carbocycles. The Morgan fingerprint density at radius 1 is 1.36 bits per heavy atom. The molecular weight excluding hydrogens is 202 g/mol. The maximum Gasteiger partial charge on any atom is 0.216 e. The van der Waals surface area contributed by atoms with Crippen molar-refractivity contribution in [1.82, 2.24) is 4.31 Å². The predicted octanol–water partition coefficient (Wildman–Crippen LogP) is 0.430. The van der Waals surface area contributed by atoms with Gasteiger partial charge in [0, 0.05) is 13.1 Å². The average molecular weight is 221 g/mol. The van der Waals surface area contributed by atoms with Crippen LogP contribution < -0.4 is 0 Å². The van der Waals surface area contributed by atoms with Crippen LogP contribution in [0.4, 0.5) is 0 Å². The Hall–Kier alpha value is -0.130. The van der Waals surface area contributed by atoms with Crippen molar-refractivity contribution in [3.8, 4) is 0 Å². The number of aliphatic hydroxyl groups is 1. The van der Waals surface area contributed by atoms with Crippen LogP contribution in [0.15, 0.2) is 0 Å². The minimum atomic E-state index is -3.20. The molecule has 14 heavy (non-hydrogen) atoms. The van der Waals surface area contributed by atoms with E-state index >= 15 is 0 Å².